The average molecular weight is 304 g/mol. The minimum absolute atomic E-state index is 0.142. The highest BCUT2D eigenvalue weighted by molar-refractivity contribution is 6.41. The first-order valence-electron chi connectivity index (χ1n) is 6.40. The molecule has 1 heterocycles. The Morgan fingerprint density at radius 1 is 1.05 bits per heavy atom. The van der Waals surface area contributed by atoms with Crippen molar-refractivity contribution in [3.63, 3.8) is 0 Å². The Balaban J connectivity index is 1.81. The van der Waals surface area contributed by atoms with E-state index >= 15 is 0 Å². The van der Waals surface area contributed by atoms with Crippen LogP contribution in [0, 0.1) is 0 Å². The predicted molar refractivity (Wildman–Crippen MR) is 81.0 cm³/mol. The van der Waals surface area contributed by atoms with E-state index in [-0.39, 0.29) is 5.15 Å². The summed E-state index contributed by atoms with van der Waals surface area (Å²) in [5, 5.41) is 5.11. The van der Waals surface area contributed by atoms with E-state index in [1.807, 2.05) is 30.3 Å². The number of rotatable bonds is 4. The van der Waals surface area contributed by atoms with Gasteiger partial charge in [-0.3, -0.25) is 9.59 Å². The third-order valence-corrected chi connectivity index (χ3v) is 3.06. The SMILES string of the molecule is O=C(NCCc1ccccc1)C(=O)Nc1cccnc1Cl. The lowest BCUT2D eigenvalue weighted by molar-refractivity contribution is -0.136. The molecule has 0 aliphatic heterocycles. The summed E-state index contributed by atoms with van der Waals surface area (Å²) in [5.74, 6) is -1.47. The van der Waals surface area contributed by atoms with Crippen molar-refractivity contribution in [2.24, 2.45) is 0 Å². The summed E-state index contributed by atoms with van der Waals surface area (Å²) >= 11 is 5.80. The number of carbonyl (C=O) groups excluding carboxylic acids is 2. The van der Waals surface area contributed by atoms with E-state index in [2.05, 4.69) is 15.6 Å². The number of hydrogen-bond acceptors (Lipinski definition) is 3. The van der Waals surface area contributed by atoms with Crippen LogP contribution in [0.5, 0.6) is 0 Å². The van der Waals surface area contributed by atoms with Gasteiger partial charge in [-0.2, -0.15) is 0 Å². The number of carbonyl (C=O) groups is 2. The maximum Gasteiger partial charge on any atom is 0.313 e. The van der Waals surface area contributed by atoms with Crippen LogP contribution in [0.2, 0.25) is 5.15 Å². The van der Waals surface area contributed by atoms with Gasteiger partial charge in [0.2, 0.25) is 0 Å². The molecule has 1 aromatic carbocycles. The number of halogens is 1. The quantitative estimate of drug-likeness (QED) is 0.670. The van der Waals surface area contributed by atoms with E-state index in [1.54, 1.807) is 12.1 Å². The van der Waals surface area contributed by atoms with Crippen molar-refractivity contribution < 1.29 is 9.59 Å². The van der Waals surface area contributed by atoms with E-state index in [0.29, 0.717) is 18.7 Å². The molecule has 21 heavy (non-hydrogen) atoms. The molecule has 0 saturated heterocycles. The van der Waals surface area contributed by atoms with Crippen molar-refractivity contribution in [2.75, 3.05) is 11.9 Å². The van der Waals surface area contributed by atoms with Gasteiger partial charge in [-0.05, 0) is 24.1 Å². The fourth-order valence-corrected chi connectivity index (χ4v) is 1.87. The molecule has 2 N–H and O–H groups in total. The van der Waals surface area contributed by atoms with Gasteiger partial charge >= 0.3 is 11.8 Å². The van der Waals surface area contributed by atoms with Crippen LogP contribution in [0.15, 0.2) is 48.7 Å². The molecule has 1 aromatic heterocycles. The maximum absolute atomic E-state index is 11.7. The summed E-state index contributed by atoms with van der Waals surface area (Å²) in [6.45, 7) is 0.386. The Labute approximate surface area is 127 Å². The lowest BCUT2D eigenvalue weighted by Gasteiger charge is -2.07. The Morgan fingerprint density at radius 3 is 2.52 bits per heavy atom. The van der Waals surface area contributed by atoms with Crippen molar-refractivity contribution in [1.29, 1.82) is 0 Å². The van der Waals surface area contributed by atoms with Gasteiger partial charge in [-0.15, -0.1) is 0 Å². The molecule has 0 radical (unpaired) electrons. The third-order valence-electron chi connectivity index (χ3n) is 2.76. The summed E-state index contributed by atoms with van der Waals surface area (Å²) < 4.78 is 0. The fraction of sp³-hybridized carbons (Fsp3) is 0.133. The molecule has 0 fully saturated rings. The molecule has 2 rings (SSSR count). The van der Waals surface area contributed by atoms with Crippen LogP contribution in [0.4, 0.5) is 5.69 Å². The second kappa shape index (κ2) is 7.40. The largest absolute Gasteiger partial charge is 0.347 e. The van der Waals surface area contributed by atoms with Gasteiger partial charge in [0.1, 0.15) is 0 Å². The Kier molecular flexibility index (Phi) is 5.29. The average Bonchev–Trinajstić information content (AvgIpc) is 2.50. The number of anilines is 1. The van der Waals surface area contributed by atoms with Crippen molar-refractivity contribution >= 4 is 29.1 Å². The summed E-state index contributed by atoms with van der Waals surface area (Å²) in [4.78, 5) is 27.2. The van der Waals surface area contributed by atoms with E-state index in [1.165, 1.54) is 6.20 Å². The van der Waals surface area contributed by atoms with E-state index in [9.17, 15) is 9.59 Å². The highest BCUT2D eigenvalue weighted by atomic mass is 35.5. The topological polar surface area (TPSA) is 71.1 Å². The van der Waals surface area contributed by atoms with Crippen LogP contribution >= 0.6 is 11.6 Å². The minimum Gasteiger partial charge on any atom is -0.347 e. The second-order valence-corrected chi connectivity index (χ2v) is 4.65. The van der Waals surface area contributed by atoms with Crippen molar-refractivity contribution in [1.82, 2.24) is 10.3 Å². The van der Waals surface area contributed by atoms with Gasteiger partial charge in [0.15, 0.2) is 5.15 Å². The Bertz CT molecular complexity index is 632. The number of benzene rings is 1. The number of aromatic nitrogens is 1. The number of hydrogen-bond donors (Lipinski definition) is 2. The van der Waals surface area contributed by atoms with Crippen molar-refractivity contribution in [3.8, 4) is 0 Å². The van der Waals surface area contributed by atoms with E-state index in [0.717, 1.165) is 5.56 Å². The van der Waals surface area contributed by atoms with E-state index < -0.39 is 11.8 Å². The Hall–Kier alpha value is -2.40. The highest BCUT2D eigenvalue weighted by Crippen LogP contribution is 2.16. The molecule has 5 nitrogen and oxygen atoms in total. The minimum atomic E-state index is -0.766. The van der Waals surface area contributed by atoms with Crippen LogP contribution in [-0.2, 0) is 16.0 Å². The number of pyridine rings is 1. The lowest BCUT2D eigenvalue weighted by atomic mass is 10.1. The van der Waals surface area contributed by atoms with Crippen LogP contribution in [-0.4, -0.2) is 23.3 Å². The first kappa shape index (κ1) is 15.0. The highest BCUT2D eigenvalue weighted by Gasteiger charge is 2.14. The Morgan fingerprint density at radius 2 is 1.81 bits per heavy atom. The summed E-state index contributed by atoms with van der Waals surface area (Å²) in [6, 6.07) is 12.9. The molecule has 0 aliphatic carbocycles. The second-order valence-electron chi connectivity index (χ2n) is 4.29. The number of amides is 2. The standard InChI is InChI=1S/C15H14ClN3O2/c16-13-12(7-4-9-17-13)19-15(21)14(20)18-10-8-11-5-2-1-3-6-11/h1-7,9H,8,10H2,(H,18,20)(H,19,21). The van der Waals surface area contributed by atoms with Gasteiger partial charge in [0.25, 0.3) is 0 Å². The molecule has 108 valence electrons. The van der Waals surface area contributed by atoms with Crippen LogP contribution < -0.4 is 10.6 Å². The van der Waals surface area contributed by atoms with Crippen LogP contribution in [0.25, 0.3) is 0 Å². The zero-order valence-electron chi connectivity index (χ0n) is 11.2. The maximum atomic E-state index is 11.7. The first-order valence-corrected chi connectivity index (χ1v) is 6.78. The van der Waals surface area contributed by atoms with Gasteiger partial charge in [0, 0.05) is 12.7 Å². The molecule has 0 aliphatic rings. The van der Waals surface area contributed by atoms with Crippen LogP contribution in [0.3, 0.4) is 0 Å². The molecular formula is C15H14ClN3O2. The smallest absolute Gasteiger partial charge is 0.313 e. The van der Waals surface area contributed by atoms with Crippen molar-refractivity contribution in [2.45, 2.75) is 6.42 Å². The number of nitrogens with one attached hydrogen (secondary N) is 2. The summed E-state index contributed by atoms with van der Waals surface area (Å²) in [5.41, 5.74) is 1.40. The van der Waals surface area contributed by atoms with Crippen molar-refractivity contribution in [3.05, 3.63) is 59.4 Å². The molecule has 2 amide bonds. The normalized spacial score (nSPS) is 9.95. The monoisotopic (exact) mass is 303 g/mol. The molecule has 0 bridgehead atoms. The molecule has 0 spiro atoms. The van der Waals surface area contributed by atoms with Gasteiger partial charge in [-0.25, -0.2) is 4.98 Å². The third kappa shape index (κ3) is 4.57. The fourth-order valence-electron chi connectivity index (χ4n) is 1.70. The van der Waals surface area contributed by atoms with Gasteiger partial charge in [-0.1, -0.05) is 41.9 Å². The van der Waals surface area contributed by atoms with Crippen LogP contribution in [0.1, 0.15) is 5.56 Å². The van der Waals surface area contributed by atoms with E-state index in [4.69, 9.17) is 11.6 Å². The summed E-state index contributed by atoms with van der Waals surface area (Å²) in [7, 11) is 0. The molecule has 0 atom stereocenters. The first-order chi connectivity index (χ1) is 10.2. The number of nitrogens with zero attached hydrogens (tertiary/aromatic N) is 1. The zero-order chi connectivity index (χ0) is 15.1. The van der Waals surface area contributed by atoms with Gasteiger partial charge in [0.05, 0.1) is 5.69 Å². The predicted octanol–water partition coefficient (Wildman–Crippen LogP) is 2.03. The summed E-state index contributed by atoms with van der Waals surface area (Å²) in [6.07, 6.45) is 2.16. The zero-order valence-corrected chi connectivity index (χ0v) is 11.9. The molecule has 0 unspecified atom stereocenters. The molecule has 6 heteroatoms. The molecule has 2 aromatic rings. The van der Waals surface area contributed by atoms with Gasteiger partial charge < -0.3 is 10.6 Å². The molecule has 0 saturated carbocycles. The lowest BCUT2D eigenvalue weighted by Crippen LogP contribution is -2.36. The molecular weight excluding hydrogens is 290 g/mol.